The molecule has 0 bridgehead atoms. The van der Waals surface area contributed by atoms with Crippen molar-refractivity contribution in [3.05, 3.63) is 51.4 Å². The first-order chi connectivity index (χ1) is 11.2. The van der Waals surface area contributed by atoms with Crippen LogP contribution in [0, 0.1) is 0 Å². The van der Waals surface area contributed by atoms with Crippen LogP contribution in [0.3, 0.4) is 0 Å². The second-order valence-corrected chi connectivity index (χ2v) is 7.59. The number of anilines is 1. The van der Waals surface area contributed by atoms with E-state index >= 15 is 0 Å². The maximum absolute atomic E-state index is 5.90. The van der Waals surface area contributed by atoms with Crippen molar-refractivity contribution in [1.29, 1.82) is 0 Å². The highest BCUT2D eigenvalue weighted by molar-refractivity contribution is 9.10. The van der Waals surface area contributed by atoms with Gasteiger partial charge in [-0.15, -0.1) is 0 Å². The summed E-state index contributed by atoms with van der Waals surface area (Å²) in [5.41, 5.74) is 11.1. The van der Waals surface area contributed by atoms with Crippen LogP contribution in [-0.2, 0) is 12.8 Å². The quantitative estimate of drug-likeness (QED) is 0.828. The van der Waals surface area contributed by atoms with Gasteiger partial charge in [0.25, 0.3) is 0 Å². The molecule has 3 nitrogen and oxygen atoms in total. The van der Waals surface area contributed by atoms with Crippen molar-refractivity contribution in [2.45, 2.75) is 56.8 Å². The number of fused-ring (bicyclic) bond motifs is 1. The Morgan fingerprint density at radius 3 is 2.00 bits per heavy atom. The van der Waals surface area contributed by atoms with Gasteiger partial charge in [0, 0.05) is 11.8 Å². The predicted molar refractivity (Wildman–Crippen MR) is 96.6 cm³/mol. The number of benzene rings is 1. The van der Waals surface area contributed by atoms with Crippen LogP contribution in [0.5, 0.6) is 0 Å². The van der Waals surface area contributed by atoms with E-state index in [1.807, 2.05) is 0 Å². The van der Waals surface area contributed by atoms with Gasteiger partial charge in [-0.3, -0.25) is 0 Å². The average molecular weight is 372 g/mol. The van der Waals surface area contributed by atoms with Gasteiger partial charge in [-0.2, -0.15) is 0 Å². The first-order valence-electron chi connectivity index (χ1n) is 8.62. The Hall–Kier alpha value is -1.42. The molecule has 0 atom stereocenters. The zero-order valence-corrected chi connectivity index (χ0v) is 14.8. The van der Waals surface area contributed by atoms with Gasteiger partial charge in [0.15, 0.2) is 0 Å². The molecule has 3 aliphatic carbocycles. The van der Waals surface area contributed by atoms with Gasteiger partial charge in [0.05, 0.1) is 11.4 Å². The minimum absolute atomic E-state index is 0.576. The van der Waals surface area contributed by atoms with E-state index in [0.717, 1.165) is 16.0 Å². The molecule has 120 valence electrons. The van der Waals surface area contributed by atoms with Gasteiger partial charge in [-0.1, -0.05) is 24.3 Å². The Labute approximate surface area is 145 Å². The first-order valence-corrected chi connectivity index (χ1v) is 9.41. The zero-order chi connectivity index (χ0) is 15.8. The summed E-state index contributed by atoms with van der Waals surface area (Å²) in [4.78, 5) is 8.99. The summed E-state index contributed by atoms with van der Waals surface area (Å²) in [6.45, 7) is 0. The standard InChI is InChI=1S/C10H12BrN3.C9H10/c11-9-7(5-1-2-5)14-10(12)8(13-9)6-3-4-6;1-2-5-9-7-3-6-8(9)4-1/h5-6H,1-4H2,(H2,12,14);1-2,4-5H,3,6-7H2. The lowest BCUT2D eigenvalue weighted by atomic mass is 10.1. The minimum atomic E-state index is 0.576. The van der Waals surface area contributed by atoms with Crippen LogP contribution in [0.2, 0.25) is 0 Å². The van der Waals surface area contributed by atoms with E-state index in [2.05, 4.69) is 50.2 Å². The Kier molecular flexibility index (Phi) is 4.10. The smallest absolute Gasteiger partial charge is 0.145 e. The zero-order valence-electron chi connectivity index (χ0n) is 13.3. The van der Waals surface area contributed by atoms with Crippen LogP contribution in [0.1, 0.15) is 66.5 Å². The minimum Gasteiger partial charge on any atom is -0.382 e. The molecule has 2 aromatic rings. The van der Waals surface area contributed by atoms with Crippen molar-refractivity contribution in [2.75, 3.05) is 5.73 Å². The Balaban J connectivity index is 0.000000130. The molecule has 0 aliphatic heterocycles. The number of nitrogens with two attached hydrogens (primary N) is 1. The van der Waals surface area contributed by atoms with Crippen LogP contribution < -0.4 is 5.73 Å². The number of aryl methyl sites for hydroxylation is 2. The predicted octanol–water partition coefficient (Wildman–Crippen LogP) is 4.75. The van der Waals surface area contributed by atoms with Crippen LogP contribution in [0.25, 0.3) is 0 Å². The van der Waals surface area contributed by atoms with Gasteiger partial charge in [0.1, 0.15) is 10.4 Å². The monoisotopic (exact) mass is 371 g/mol. The van der Waals surface area contributed by atoms with Crippen molar-refractivity contribution >= 4 is 21.7 Å². The normalized spacial score (nSPS) is 19.0. The SMILES string of the molecule is Nc1nc(C2CC2)c(Br)nc1C1CC1.c1ccc2c(c1)CCC2. The molecule has 4 heteroatoms. The van der Waals surface area contributed by atoms with Crippen LogP contribution >= 0.6 is 15.9 Å². The van der Waals surface area contributed by atoms with Gasteiger partial charge >= 0.3 is 0 Å². The summed E-state index contributed by atoms with van der Waals surface area (Å²) >= 11 is 3.49. The topological polar surface area (TPSA) is 51.8 Å². The fourth-order valence-corrected chi connectivity index (χ4v) is 3.85. The maximum Gasteiger partial charge on any atom is 0.145 e. The summed E-state index contributed by atoms with van der Waals surface area (Å²) in [7, 11) is 0. The molecule has 2 N–H and O–H groups in total. The van der Waals surface area contributed by atoms with E-state index in [-0.39, 0.29) is 0 Å². The van der Waals surface area contributed by atoms with Gasteiger partial charge < -0.3 is 5.73 Å². The maximum atomic E-state index is 5.90. The van der Waals surface area contributed by atoms with Crippen molar-refractivity contribution in [1.82, 2.24) is 9.97 Å². The summed E-state index contributed by atoms with van der Waals surface area (Å²) < 4.78 is 0.913. The largest absolute Gasteiger partial charge is 0.382 e. The highest BCUT2D eigenvalue weighted by Gasteiger charge is 2.32. The molecule has 0 amide bonds. The molecular weight excluding hydrogens is 350 g/mol. The lowest BCUT2D eigenvalue weighted by Crippen LogP contribution is -2.04. The molecule has 3 aliphatic rings. The summed E-state index contributed by atoms with van der Waals surface area (Å²) in [6.07, 6.45) is 8.86. The van der Waals surface area contributed by atoms with Crippen molar-refractivity contribution < 1.29 is 0 Å². The van der Waals surface area contributed by atoms with Crippen molar-refractivity contribution in [2.24, 2.45) is 0 Å². The fourth-order valence-electron chi connectivity index (χ4n) is 3.24. The molecule has 0 radical (unpaired) electrons. The lowest BCUT2D eigenvalue weighted by molar-refractivity contribution is 0.912. The van der Waals surface area contributed by atoms with Gasteiger partial charge in [0.2, 0.25) is 0 Å². The third-order valence-corrected chi connectivity index (χ3v) is 5.46. The summed E-state index contributed by atoms with van der Waals surface area (Å²) in [5.74, 6) is 1.83. The van der Waals surface area contributed by atoms with Crippen LogP contribution in [0.15, 0.2) is 28.9 Å². The number of nitrogens with zero attached hydrogens (tertiary/aromatic N) is 2. The highest BCUT2D eigenvalue weighted by Crippen LogP contribution is 2.45. The Morgan fingerprint density at radius 1 is 0.870 bits per heavy atom. The van der Waals surface area contributed by atoms with Crippen LogP contribution in [-0.4, -0.2) is 9.97 Å². The molecule has 1 aromatic heterocycles. The Morgan fingerprint density at radius 2 is 1.43 bits per heavy atom. The fraction of sp³-hybridized carbons (Fsp3) is 0.474. The van der Waals surface area contributed by atoms with Crippen molar-refractivity contribution in [3.63, 3.8) is 0 Å². The number of aromatic nitrogens is 2. The molecule has 2 fully saturated rings. The summed E-state index contributed by atoms with van der Waals surface area (Å²) in [5, 5.41) is 0. The van der Waals surface area contributed by atoms with E-state index in [0.29, 0.717) is 17.7 Å². The second-order valence-electron chi connectivity index (χ2n) is 6.84. The average Bonchev–Trinajstić information content (AvgIpc) is 3.47. The van der Waals surface area contributed by atoms with Crippen LogP contribution in [0.4, 0.5) is 5.82 Å². The van der Waals surface area contributed by atoms with Crippen molar-refractivity contribution in [3.8, 4) is 0 Å². The summed E-state index contributed by atoms with van der Waals surface area (Å²) in [6, 6.07) is 8.74. The highest BCUT2D eigenvalue weighted by atomic mass is 79.9. The molecular formula is C19H22BrN3. The van der Waals surface area contributed by atoms with E-state index in [1.165, 1.54) is 44.9 Å². The van der Waals surface area contributed by atoms with E-state index in [9.17, 15) is 0 Å². The molecule has 2 saturated carbocycles. The first kappa shape index (κ1) is 15.1. The molecule has 23 heavy (non-hydrogen) atoms. The number of rotatable bonds is 2. The van der Waals surface area contributed by atoms with E-state index in [4.69, 9.17) is 5.73 Å². The third kappa shape index (κ3) is 3.42. The molecule has 5 rings (SSSR count). The molecule has 0 spiro atoms. The third-order valence-electron chi connectivity index (χ3n) is 4.87. The number of hydrogen-bond acceptors (Lipinski definition) is 3. The molecule has 0 unspecified atom stereocenters. The molecule has 1 aromatic carbocycles. The van der Waals surface area contributed by atoms with E-state index < -0.39 is 0 Å². The Bertz CT molecular complexity index is 660. The van der Waals surface area contributed by atoms with E-state index in [1.54, 1.807) is 11.1 Å². The number of nitrogen functional groups attached to an aromatic ring is 1. The second kappa shape index (κ2) is 6.23. The number of hydrogen-bond donors (Lipinski definition) is 1. The lowest BCUT2D eigenvalue weighted by Gasteiger charge is -2.07. The number of halogens is 1. The van der Waals surface area contributed by atoms with Gasteiger partial charge in [-0.05, 0) is 72.0 Å². The molecule has 1 heterocycles. The molecule has 0 saturated heterocycles. The van der Waals surface area contributed by atoms with Gasteiger partial charge in [-0.25, -0.2) is 9.97 Å².